The number of likely N-dealkylation sites (N-methyl/N-ethyl adjacent to an activating group) is 1. The summed E-state index contributed by atoms with van der Waals surface area (Å²) in [5, 5.41) is 2.80. The number of aryl methyl sites for hydroxylation is 2. The number of carbonyl (C=O) groups is 1. The average Bonchev–Trinajstić information content (AvgIpc) is 2.72. The molecule has 1 unspecified atom stereocenters. The summed E-state index contributed by atoms with van der Waals surface area (Å²) in [6.45, 7) is 5.81. The Morgan fingerprint density at radius 3 is 2.50 bits per heavy atom. The predicted molar refractivity (Wildman–Crippen MR) is 87.8 cm³/mol. The van der Waals surface area contributed by atoms with E-state index in [1.807, 2.05) is 0 Å². The van der Waals surface area contributed by atoms with Crippen molar-refractivity contribution >= 4 is 5.91 Å². The van der Waals surface area contributed by atoms with Crippen LogP contribution < -0.4 is 5.32 Å². The van der Waals surface area contributed by atoms with E-state index in [4.69, 9.17) is 0 Å². The molecule has 1 amide bonds. The molecule has 1 aromatic rings. The van der Waals surface area contributed by atoms with Crippen LogP contribution in [-0.2, 0) is 23.8 Å². The zero-order chi connectivity index (χ0) is 17.7. The number of rotatable bonds is 5. The number of benzene rings is 1. The van der Waals surface area contributed by atoms with Gasteiger partial charge in [0.2, 0.25) is 5.91 Å². The molecule has 0 radical (unpaired) electrons. The minimum absolute atomic E-state index is 0.0426. The third-order valence-electron chi connectivity index (χ3n) is 4.72. The number of hydrogen-bond acceptors (Lipinski definition) is 2. The summed E-state index contributed by atoms with van der Waals surface area (Å²) in [6.07, 6.45) is -1.03. The largest absolute Gasteiger partial charge is 0.416 e. The summed E-state index contributed by atoms with van der Waals surface area (Å²) in [6, 6.07) is 4.47. The Bertz CT molecular complexity index is 572. The number of carbonyl (C=O) groups excluding carboxylic acids is 1. The molecule has 0 bridgehead atoms. The Balaban J connectivity index is 2.02. The van der Waals surface area contributed by atoms with E-state index in [9.17, 15) is 18.0 Å². The highest BCUT2D eigenvalue weighted by atomic mass is 19.4. The first-order valence-electron chi connectivity index (χ1n) is 8.48. The molecule has 0 aromatic heterocycles. The SMILES string of the molecule is CCN(CCNC(C)=O)C1CCc2ccc(C(F)(F)F)cc2CC1. The maximum atomic E-state index is 12.9. The van der Waals surface area contributed by atoms with E-state index >= 15 is 0 Å². The highest BCUT2D eigenvalue weighted by Crippen LogP contribution is 2.32. The standard InChI is InChI=1S/C18H25F3N2O/c1-3-23(11-10-22-13(2)24)17-8-5-14-4-7-16(18(19,20)21)12-15(14)6-9-17/h4,7,12,17H,3,5-6,8-11H2,1-2H3,(H,22,24). The Hall–Kier alpha value is -1.56. The van der Waals surface area contributed by atoms with Crippen LogP contribution in [0.5, 0.6) is 0 Å². The van der Waals surface area contributed by atoms with Crippen molar-refractivity contribution < 1.29 is 18.0 Å². The smallest absolute Gasteiger partial charge is 0.355 e. The fourth-order valence-corrected chi connectivity index (χ4v) is 3.41. The van der Waals surface area contributed by atoms with E-state index in [1.54, 1.807) is 6.07 Å². The van der Waals surface area contributed by atoms with E-state index in [0.717, 1.165) is 43.5 Å². The van der Waals surface area contributed by atoms with Gasteiger partial charge in [-0.15, -0.1) is 0 Å². The van der Waals surface area contributed by atoms with Gasteiger partial charge < -0.3 is 5.32 Å². The second-order valence-electron chi connectivity index (χ2n) is 6.32. The Morgan fingerprint density at radius 1 is 1.25 bits per heavy atom. The van der Waals surface area contributed by atoms with Crippen molar-refractivity contribution in [3.05, 3.63) is 34.9 Å². The maximum absolute atomic E-state index is 12.9. The molecule has 1 aliphatic carbocycles. The van der Waals surface area contributed by atoms with E-state index in [-0.39, 0.29) is 5.91 Å². The van der Waals surface area contributed by atoms with E-state index < -0.39 is 11.7 Å². The number of amides is 1. The van der Waals surface area contributed by atoms with Gasteiger partial charge in [-0.1, -0.05) is 13.0 Å². The van der Waals surface area contributed by atoms with E-state index in [2.05, 4.69) is 17.1 Å². The van der Waals surface area contributed by atoms with Gasteiger partial charge in [-0.05, 0) is 55.5 Å². The molecular weight excluding hydrogens is 317 g/mol. The first-order chi connectivity index (χ1) is 11.3. The highest BCUT2D eigenvalue weighted by molar-refractivity contribution is 5.72. The summed E-state index contributed by atoms with van der Waals surface area (Å²) in [7, 11) is 0. The fraction of sp³-hybridized carbons (Fsp3) is 0.611. The van der Waals surface area contributed by atoms with Crippen LogP contribution in [0.15, 0.2) is 18.2 Å². The summed E-state index contributed by atoms with van der Waals surface area (Å²) in [4.78, 5) is 13.3. The maximum Gasteiger partial charge on any atom is 0.416 e. The van der Waals surface area contributed by atoms with Gasteiger partial charge in [0, 0.05) is 26.1 Å². The van der Waals surface area contributed by atoms with Crippen molar-refractivity contribution in [3.8, 4) is 0 Å². The molecule has 134 valence electrons. The molecule has 24 heavy (non-hydrogen) atoms. The third kappa shape index (κ3) is 4.97. The van der Waals surface area contributed by atoms with Crippen molar-refractivity contribution in [1.82, 2.24) is 10.2 Å². The molecule has 6 heteroatoms. The first kappa shape index (κ1) is 18.8. The first-order valence-corrected chi connectivity index (χ1v) is 8.48. The topological polar surface area (TPSA) is 32.3 Å². The molecule has 0 spiro atoms. The van der Waals surface area contributed by atoms with Crippen LogP contribution in [0.1, 0.15) is 43.4 Å². The van der Waals surface area contributed by atoms with Crippen LogP contribution in [0, 0.1) is 0 Å². The lowest BCUT2D eigenvalue weighted by atomic mass is 10.00. The molecule has 0 fully saturated rings. The van der Waals surface area contributed by atoms with Crippen molar-refractivity contribution in [2.24, 2.45) is 0 Å². The van der Waals surface area contributed by atoms with Crippen LogP contribution in [0.2, 0.25) is 0 Å². The summed E-state index contributed by atoms with van der Waals surface area (Å²) in [5.74, 6) is -0.0426. The van der Waals surface area contributed by atoms with Gasteiger partial charge in [-0.3, -0.25) is 9.69 Å². The molecule has 1 atom stereocenters. The van der Waals surface area contributed by atoms with Crippen LogP contribution in [0.25, 0.3) is 0 Å². The van der Waals surface area contributed by atoms with Crippen molar-refractivity contribution in [3.63, 3.8) is 0 Å². The molecule has 1 aromatic carbocycles. The van der Waals surface area contributed by atoms with Gasteiger partial charge in [0.05, 0.1) is 5.56 Å². The quantitative estimate of drug-likeness (QED) is 0.832. The lowest BCUT2D eigenvalue weighted by molar-refractivity contribution is -0.137. The fourth-order valence-electron chi connectivity index (χ4n) is 3.41. The second kappa shape index (κ2) is 8.01. The number of nitrogens with one attached hydrogen (secondary N) is 1. The van der Waals surface area contributed by atoms with E-state index in [1.165, 1.54) is 19.1 Å². The predicted octanol–water partition coefficient (Wildman–Crippen LogP) is 3.41. The number of alkyl halides is 3. The average molecular weight is 342 g/mol. The summed E-state index contributed by atoms with van der Waals surface area (Å²) >= 11 is 0. The molecule has 0 heterocycles. The zero-order valence-electron chi connectivity index (χ0n) is 14.2. The van der Waals surface area contributed by atoms with Crippen LogP contribution in [0.3, 0.4) is 0 Å². The molecule has 1 N–H and O–H groups in total. The van der Waals surface area contributed by atoms with Crippen LogP contribution >= 0.6 is 0 Å². The molecular formula is C18H25F3N2O. The van der Waals surface area contributed by atoms with Gasteiger partial charge in [-0.25, -0.2) is 0 Å². The normalized spacial score (nSPS) is 18.2. The Labute approximate surface area is 141 Å². The third-order valence-corrected chi connectivity index (χ3v) is 4.72. The van der Waals surface area contributed by atoms with Crippen molar-refractivity contribution in [2.75, 3.05) is 19.6 Å². The Kier molecular flexibility index (Phi) is 6.27. The lowest BCUT2D eigenvalue weighted by Gasteiger charge is -2.30. The number of hydrogen-bond donors (Lipinski definition) is 1. The van der Waals surface area contributed by atoms with Gasteiger partial charge in [0.25, 0.3) is 0 Å². The molecule has 2 rings (SSSR count). The number of nitrogens with zero attached hydrogens (tertiary/aromatic N) is 1. The van der Waals surface area contributed by atoms with Gasteiger partial charge in [0.1, 0.15) is 0 Å². The highest BCUT2D eigenvalue weighted by Gasteiger charge is 2.31. The van der Waals surface area contributed by atoms with Gasteiger partial charge in [0.15, 0.2) is 0 Å². The summed E-state index contributed by atoms with van der Waals surface area (Å²) in [5.41, 5.74) is 1.30. The molecule has 0 saturated carbocycles. The lowest BCUT2D eigenvalue weighted by Crippen LogP contribution is -2.40. The van der Waals surface area contributed by atoms with Crippen LogP contribution in [0.4, 0.5) is 13.2 Å². The van der Waals surface area contributed by atoms with Crippen molar-refractivity contribution in [1.29, 1.82) is 0 Å². The second-order valence-corrected chi connectivity index (χ2v) is 6.32. The monoisotopic (exact) mass is 342 g/mol. The van der Waals surface area contributed by atoms with Crippen LogP contribution in [-0.4, -0.2) is 36.5 Å². The van der Waals surface area contributed by atoms with Gasteiger partial charge >= 0.3 is 6.18 Å². The summed E-state index contributed by atoms with van der Waals surface area (Å²) < 4.78 is 38.6. The molecule has 3 nitrogen and oxygen atoms in total. The minimum Gasteiger partial charge on any atom is -0.355 e. The van der Waals surface area contributed by atoms with Crippen molar-refractivity contribution in [2.45, 2.75) is 51.7 Å². The van der Waals surface area contributed by atoms with Gasteiger partial charge in [-0.2, -0.15) is 13.2 Å². The van der Waals surface area contributed by atoms with E-state index in [0.29, 0.717) is 19.0 Å². The number of fused-ring (bicyclic) bond motifs is 1. The molecule has 0 aliphatic heterocycles. The molecule has 0 saturated heterocycles. The number of halogens is 3. The minimum atomic E-state index is -4.28. The Morgan fingerprint density at radius 2 is 1.92 bits per heavy atom. The zero-order valence-corrected chi connectivity index (χ0v) is 14.2. The molecule has 1 aliphatic rings.